The summed E-state index contributed by atoms with van der Waals surface area (Å²) < 4.78 is 5.53. The Hall–Kier alpha value is -0.930. The molecule has 1 rings (SSSR count). The molecule has 1 unspecified atom stereocenters. The molecule has 0 aliphatic rings. The second-order valence-corrected chi connectivity index (χ2v) is 3.67. The van der Waals surface area contributed by atoms with Gasteiger partial charge in [-0.25, -0.2) is 0 Å². The van der Waals surface area contributed by atoms with Gasteiger partial charge in [0.1, 0.15) is 0 Å². The van der Waals surface area contributed by atoms with Crippen molar-refractivity contribution in [1.29, 1.82) is 0 Å². The van der Waals surface area contributed by atoms with Crippen LogP contribution in [0.4, 0.5) is 0 Å². The van der Waals surface area contributed by atoms with E-state index < -0.39 is 0 Å². The van der Waals surface area contributed by atoms with Crippen molar-refractivity contribution >= 4 is 0 Å². The molecule has 0 saturated carbocycles. The van der Waals surface area contributed by atoms with Gasteiger partial charge in [0.05, 0.1) is 18.3 Å². The lowest BCUT2D eigenvalue weighted by Gasteiger charge is -2.15. The van der Waals surface area contributed by atoms with E-state index in [0.29, 0.717) is 6.61 Å². The van der Waals surface area contributed by atoms with Crippen LogP contribution in [0.25, 0.3) is 0 Å². The van der Waals surface area contributed by atoms with Crippen molar-refractivity contribution in [2.45, 2.75) is 26.3 Å². The number of aromatic nitrogens is 1. The molecule has 1 N–H and O–H groups in total. The molecule has 0 bridgehead atoms. The van der Waals surface area contributed by atoms with Gasteiger partial charge >= 0.3 is 0 Å². The molecule has 84 valence electrons. The Kier molecular flexibility index (Phi) is 5.29. The first kappa shape index (κ1) is 12.1. The average molecular weight is 208 g/mol. The first-order valence-corrected chi connectivity index (χ1v) is 5.45. The van der Waals surface area contributed by atoms with Crippen LogP contribution in [0.15, 0.2) is 18.3 Å². The third kappa shape index (κ3) is 3.98. The van der Waals surface area contributed by atoms with Gasteiger partial charge in [-0.3, -0.25) is 4.98 Å². The van der Waals surface area contributed by atoms with Gasteiger partial charge in [0.15, 0.2) is 0 Å². The van der Waals surface area contributed by atoms with E-state index in [9.17, 15) is 0 Å². The average Bonchev–Trinajstić information content (AvgIpc) is 2.24. The predicted molar refractivity (Wildman–Crippen MR) is 61.9 cm³/mol. The summed E-state index contributed by atoms with van der Waals surface area (Å²) in [4.78, 5) is 4.35. The van der Waals surface area contributed by atoms with Gasteiger partial charge in [0, 0.05) is 12.8 Å². The highest BCUT2D eigenvalue weighted by atomic mass is 16.5. The first-order valence-electron chi connectivity index (χ1n) is 5.45. The van der Waals surface area contributed by atoms with Gasteiger partial charge in [0.2, 0.25) is 0 Å². The number of aryl methyl sites for hydroxylation is 1. The van der Waals surface area contributed by atoms with Crippen molar-refractivity contribution < 1.29 is 4.74 Å². The summed E-state index contributed by atoms with van der Waals surface area (Å²) in [5.74, 6) is 0. The third-order valence-electron chi connectivity index (χ3n) is 2.28. The number of nitrogens with zero attached hydrogens (tertiary/aromatic N) is 1. The van der Waals surface area contributed by atoms with Gasteiger partial charge in [-0.05, 0) is 38.1 Å². The summed E-state index contributed by atoms with van der Waals surface area (Å²) in [5, 5.41) is 3.22. The van der Waals surface area contributed by atoms with E-state index in [4.69, 9.17) is 4.74 Å². The Labute approximate surface area is 91.9 Å². The SMILES string of the molecule is CCCOCC(NC)c1cc(C)ccn1. The zero-order valence-electron chi connectivity index (χ0n) is 9.79. The summed E-state index contributed by atoms with van der Waals surface area (Å²) in [6.07, 6.45) is 2.90. The topological polar surface area (TPSA) is 34.1 Å². The van der Waals surface area contributed by atoms with Gasteiger partial charge in [-0.2, -0.15) is 0 Å². The number of hydrogen-bond donors (Lipinski definition) is 1. The quantitative estimate of drug-likeness (QED) is 0.727. The Bertz CT molecular complexity index is 289. The molecule has 0 aliphatic carbocycles. The lowest BCUT2D eigenvalue weighted by Crippen LogP contribution is -2.23. The molecule has 0 saturated heterocycles. The summed E-state index contributed by atoms with van der Waals surface area (Å²) in [5.41, 5.74) is 2.28. The number of hydrogen-bond acceptors (Lipinski definition) is 3. The van der Waals surface area contributed by atoms with E-state index in [1.807, 2.05) is 19.3 Å². The second kappa shape index (κ2) is 6.53. The van der Waals surface area contributed by atoms with Gasteiger partial charge < -0.3 is 10.1 Å². The minimum atomic E-state index is 0.191. The molecular formula is C12H20N2O. The molecular weight excluding hydrogens is 188 g/mol. The van der Waals surface area contributed by atoms with Gasteiger partial charge in [-0.15, -0.1) is 0 Å². The van der Waals surface area contributed by atoms with Crippen molar-refractivity contribution in [1.82, 2.24) is 10.3 Å². The molecule has 15 heavy (non-hydrogen) atoms. The Morgan fingerprint density at radius 2 is 2.33 bits per heavy atom. The number of ether oxygens (including phenoxy) is 1. The van der Waals surface area contributed by atoms with E-state index in [-0.39, 0.29) is 6.04 Å². The van der Waals surface area contributed by atoms with E-state index in [2.05, 4.69) is 30.2 Å². The highest BCUT2D eigenvalue weighted by Crippen LogP contribution is 2.11. The fourth-order valence-electron chi connectivity index (χ4n) is 1.41. The zero-order chi connectivity index (χ0) is 11.1. The lowest BCUT2D eigenvalue weighted by molar-refractivity contribution is 0.113. The van der Waals surface area contributed by atoms with Gasteiger partial charge in [-0.1, -0.05) is 6.92 Å². The number of pyridine rings is 1. The standard InChI is InChI=1S/C12H20N2O/c1-4-7-15-9-12(13-3)11-8-10(2)5-6-14-11/h5-6,8,12-13H,4,7,9H2,1-3H3. The maximum atomic E-state index is 5.53. The number of likely N-dealkylation sites (N-methyl/N-ethyl adjacent to an activating group) is 1. The summed E-state index contributed by atoms with van der Waals surface area (Å²) >= 11 is 0. The summed E-state index contributed by atoms with van der Waals surface area (Å²) in [7, 11) is 1.93. The second-order valence-electron chi connectivity index (χ2n) is 3.67. The van der Waals surface area contributed by atoms with E-state index in [0.717, 1.165) is 18.7 Å². The molecule has 0 spiro atoms. The van der Waals surface area contributed by atoms with Crippen molar-refractivity contribution in [3.63, 3.8) is 0 Å². The number of rotatable bonds is 6. The van der Waals surface area contributed by atoms with Crippen molar-refractivity contribution in [3.8, 4) is 0 Å². The van der Waals surface area contributed by atoms with Crippen LogP contribution in [0.5, 0.6) is 0 Å². The molecule has 1 aromatic heterocycles. The molecule has 1 atom stereocenters. The van der Waals surface area contributed by atoms with Crippen molar-refractivity contribution in [2.24, 2.45) is 0 Å². The smallest absolute Gasteiger partial charge is 0.0730 e. The highest BCUT2D eigenvalue weighted by molar-refractivity contribution is 5.17. The van der Waals surface area contributed by atoms with Crippen LogP contribution in [-0.2, 0) is 4.74 Å². The maximum absolute atomic E-state index is 5.53. The Morgan fingerprint density at radius 3 is 2.93 bits per heavy atom. The third-order valence-corrected chi connectivity index (χ3v) is 2.28. The molecule has 0 aromatic carbocycles. The fraction of sp³-hybridized carbons (Fsp3) is 0.583. The van der Waals surface area contributed by atoms with Crippen LogP contribution >= 0.6 is 0 Å². The summed E-state index contributed by atoms with van der Waals surface area (Å²) in [6, 6.07) is 4.29. The zero-order valence-corrected chi connectivity index (χ0v) is 9.79. The molecule has 1 heterocycles. The predicted octanol–water partition coefficient (Wildman–Crippen LogP) is 2.08. The van der Waals surface area contributed by atoms with Crippen LogP contribution in [-0.4, -0.2) is 25.2 Å². The Morgan fingerprint density at radius 1 is 1.53 bits per heavy atom. The van der Waals surface area contributed by atoms with E-state index in [1.165, 1.54) is 5.56 Å². The monoisotopic (exact) mass is 208 g/mol. The first-order chi connectivity index (χ1) is 7.27. The van der Waals surface area contributed by atoms with Crippen LogP contribution in [0.1, 0.15) is 30.6 Å². The van der Waals surface area contributed by atoms with Crippen LogP contribution in [0, 0.1) is 6.92 Å². The lowest BCUT2D eigenvalue weighted by atomic mass is 10.1. The molecule has 1 aromatic rings. The van der Waals surface area contributed by atoms with Crippen LogP contribution in [0.2, 0.25) is 0 Å². The maximum Gasteiger partial charge on any atom is 0.0730 e. The van der Waals surface area contributed by atoms with E-state index >= 15 is 0 Å². The largest absolute Gasteiger partial charge is 0.379 e. The fourth-order valence-corrected chi connectivity index (χ4v) is 1.41. The van der Waals surface area contributed by atoms with Crippen molar-refractivity contribution in [2.75, 3.05) is 20.3 Å². The van der Waals surface area contributed by atoms with Crippen LogP contribution in [0.3, 0.4) is 0 Å². The molecule has 0 amide bonds. The molecule has 0 aliphatic heterocycles. The number of nitrogens with one attached hydrogen (secondary N) is 1. The minimum absolute atomic E-state index is 0.191. The molecule has 0 radical (unpaired) electrons. The summed E-state index contributed by atoms with van der Waals surface area (Å²) in [6.45, 7) is 5.68. The normalized spacial score (nSPS) is 12.7. The molecule has 0 fully saturated rings. The van der Waals surface area contributed by atoms with Gasteiger partial charge in [0.25, 0.3) is 0 Å². The van der Waals surface area contributed by atoms with E-state index in [1.54, 1.807) is 0 Å². The highest BCUT2D eigenvalue weighted by Gasteiger charge is 2.10. The molecule has 3 nitrogen and oxygen atoms in total. The van der Waals surface area contributed by atoms with Crippen LogP contribution < -0.4 is 5.32 Å². The Balaban J connectivity index is 2.57. The molecule has 3 heteroatoms. The van der Waals surface area contributed by atoms with Crippen molar-refractivity contribution in [3.05, 3.63) is 29.6 Å². The minimum Gasteiger partial charge on any atom is -0.379 e.